The van der Waals surface area contributed by atoms with E-state index in [9.17, 15) is 4.21 Å². The highest BCUT2D eigenvalue weighted by Crippen LogP contribution is 2.14. The van der Waals surface area contributed by atoms with Crippen LogP contribution in [0.25, 0.3) is 0 Å². The summed E-state index contributed by atoms with van der Waals surface area (Å²) in [5.74, 6) is 0.755. The molecule has 2 unspecified atom stereocenters. The van der Waals surface area contributed by atoms with Crippen LogP contribution in [0, 0.1) is 0 Å². The van der Waals surface area contributed by atoms with Crippen LogP contribution >= 0.6 is 0 Å². The normalized spacial score (nSPS) is 24.8. The lowest BCUT2D eigenvalue weighted by Crippen LogP contribution is -2.24. The summed E-state index contributed by atoms with van der Waals surface area (Å²) in [5, 5.41) is 3.27. The van der Waals surface area contributed by atoms with Crippen LogP contribution in [0.1, 0.15) is 19.3 Å². The number of hydrogen-bond acceptors (Lipinski definition) is 3. The lowest BCUT2D eigenvalue weighted by molar-refractivity contribution is 0.104. The first-order valence-electron chi connectivity index (χ1n) is 4.91. The second-order valence-electron chi connectivity index (χ2n) is 3.45. The van der Waals surface area contributed by atoms with E-state index in [4.69, 9.17) is 4.74 Å². The molecule has 78 valence electrons. The van der Waals surface area contributed by atoms with Gasteiger partial charge in [-0.05, 0) is 25.8 Å². The van der Waals surface area contributed by atoms with E-state index in [1.807, 2.05) is 0 Å². The summed E-state index contributed by atoms with van der Waals surface area (Å²) in [7, 11) is -0.665. The molecular weight excluding hydrogens is 186 g/mol. The van der Waals surface area contributed by atoms with Crippen molar-refractivity contribution < 1.29 is 8.95 Å². The van der Waals surface area contributed by atoms with Gasteiger partial charge in [-0.3, -0.25) is 4.21 Å². The van der Waals surface area contributed by atoms with Crippen molar-refractivity contribution in [2.75, 3.05) is 31.7 Å². The lowest BCUT2D eigenvalue weighted by Gasteiger charge is -2.09. The second-order valence-corrected chi connectivity index (χ2v) is 5.01. The number of rotatable bonds is 6. The van der Waals surface area contributed by atoms with E-state index in [1.54, 1.807) is 6.26 Å². The Balaban J connectivity index is 1.86. The van der Waals surface area contributed by atoms with E-state index < -0.39 is 10.8 Å². The van der Waals surface area contributed by atoms with Gasteiger partial charge in [0.1, 0.15) is 0 Å². The third-order valence-electron chi connectivity index (χ3n) is 2.23. The van der Waals surface area contributed by atoms with Crippen molar-refractivity contribution in [1.82, 2.24) is 5.32 Å². The van der Waals surface area contributed by atoms with E-state index in [0.29, 0.717) is 6.10 Å². The predicted octanol–water partition coefficient (Wildman–Crippen LogP) is 0.524. The minimum atomic E-state index is -0.665. The molecule has 0 saturated carbocycles. The second kappa shape index (κ2) is 6.51. The SMILES string of the molecule is CS(=O)CCNCCC1CCCO1. The molecule has 0 radical (unpaired) electrons. The summed E-state index contributed by atoms with van der Waals surface area (Å²) >= 11 is 0. The van der Waals surface area contributed by atoms with Gasteiger partial charge in [0.25, 0.3) is 0 Å². The average Bonchev–Trinajstić information content (AvgIpc) is 2.55. The van der Waals surface area contributed by atoms with Crippen LogP contribution in [0.5, 0.6) is 0 Å². The van der Waals surface area contributed by atoms with Gasteiger partial charge in [-0.1, -0.05) is 0 Å². The molecule has 4 heteroatoms. The van der Waals surface area contributed by atoms with E-state index in [-0.39, 0.29) is 0 Å². The van der Waals surface area contributed by atoms with Crippen molar-refractivity contribution in [2.24, 2.45) is 0 Å². The van der Waals surface area contributed by atoms with E-state index in [0.717, 1.165) is 31.9 Å². The van der Waals surface area contributed by atoms with Crippen LogP contribution < -0.4 is 5.32 Å². The number of hydrogen-bond donors (Lipinski definition) is 1. The molecular formula is C9H19NO2S. The molecule has 1 rings (SSSR count). The molecule has 0 amide bonds. The topological polar surface area (TPSA) is 38.3 Å². The van der Waals surface area contributed by atoms with Gasteiger partial charge in [0.2, 0.25) is 0 Å². The van der Waals surface area contributed by atoms with Crippen LogP contribution in [0.3, 0.4) is 0 Å². The molecule has 0 aromatic rings. The zero-order valence-electron chi connectivity index (χ0n) is 8.25. The molecule has 0 bridgehead atoms. The molecule has 1 heterocycles. The van der Waals surface area contributed by atoms with Gasteiger partial charge < -0.3 is 10.1 Å². The van der Waals surface area contributed by atoms with Gasteiger partial charge in [-0.25, -0.2) is 0 Å². The zero-order chi connectivity index (χ0) is 9.52. The molecule has 13 heavy (non-hydrogen) atoms. The van der Waals surface area contributed by atoms with Crippen molar-refractivity contribution in [2.45, 2.75) is 25.4 Å². The van der Waals surface area contributed by atoms with Gasteiger partial charge in [0.05, 0.1) is 6.10 Å². The first kappa shape index (κ1) is 11.1. The Morgan fingerprint density at radius 1 is 1.54 bits per heavy atom. The molecule has 1 N–H and O–H groups in total. The Labute approximate surface area is 82.7 Å². The van der Waals surface area contributed by atoms with Crippen LogP contribution in [-0.2, 0) is 15.5 Å². The van der Waals surface area contributed by atoms with Crippen LogP contribution in [0.2, 0.25) is 0 Å². The molecule has 0 spiro atoms. The van der Waals surface area contributed by atoms with Gasteiger partial charge in [-0.2, -0.15) is 0 Å². The summed E-state index contributed by atoms with van der Waals surface area (Å²) in [6, 6.07) is 0. The summed E-state index contributed by atoms with van der Waals surface area (Å²) in [6.45, 7) is 2.78. The molecule has 0 aromatic heterocycles. The van der Waals surface area contributed by atoms with Crippen molar-refractivity contribution >= 4 is 10.8 Å². The average molecular weight is 205 g/mol. The van der Waals surface area contributed by atoms with E-state index in [1.165, 1.54) is 12.8 Å². The molecule has 1 saturated heterocycles. The predicted molar refractivity (Wildman–Crippen MR) is 55.4 cm³/mol. The van der Waals surface area contributed by atoms with Crippen LogP contribution in [0.15, 0.2) is 0 Å². The maximum absolute atomic E-state index is 10.7. The standard InChI is InChI=1S/C9H19NO2S/c1-13(11)8-6-10-5-4-9-3-2-7-12-9/h9-10H,2-8H2,1H3. The first-order valence-corrected chi connectivity index (χ1v) is 6.64. The highest BCUT2D eigenvalue weighted by atomic mass is 32.2. The molecule has 1 fully saturated rings. The Morgan fingerprint density at radius 3 is 3.00 bits per heavy atom. The fraction of sp³-hybridized carbons (Fsp3) is 1.00. The third kappa shape index (κ3) is 5.39. The van der Waals surface area contributed by atoms with E-state index >= 15 is 0 Å². The Hall–Kier alpha value is 0.0700. The first-order chi connectivity index (χ1) is 6.29. The molecule has 0 aliphatic carbocycles. The van der Waals surface area contributed by atoms with Gasteiger partial charge in [0.15, 0.2) is 0 Å². The minimum Gasteiger partial charge on any atom is -0.378 e. The van der Waals surface area contributed by atoms with Crippen LogP contribution in [0.4, 0.5) is 0 Å². The number of ether oxygens (including phenoxy) is 1. The molecule has 1 aliphatic rings. The largest absolute Gasteiger partial charge is 0.378 e. The maximum Gasteiger partial charge on any atom is 0.0588 e. The van der Waals surface area contributed by atoms with Gasteiger partial charge in [-0.15, -0.1) is 0 Å². The molecule has 2 atom stereocenters. The molecule has 0 aromatic carbocycles. The maximum atomic E-state index is 10.7. The Bertz CT molecular complexity index is 158. The summed E-state index contributed by atoms with van der Waals surface area (Å²) in [5.41, 5.74) is 0. The van der Waals surface area contributed by atoms with Crippen LogP contribution in [-0.4, -0.2) is 42.0 Å². The lowest BCUT2D eigenvalue weighted by atomic mass is 10.2. The molecule has 1 aliphatic heterocycles. The van der Waals surface area contributed by atoms with Crippen molar-refractivity contribution in [3.63, 3.8) is 0 Å². The fourth-order valence-corrected chi connectivity index (χ4v) is 1.91. The summed E-state index contributed by atoms with van der Waals surface area (Å²) < 4.78 is 16.2. The number of nitrogens with one attached hydrogen (secondary N) is 1. The molecule has 3 nitrogen and oxygen atoms in total. The highest BCUT2D eigenvalue weighted by molar-refractivity contribution is 7.84. The smallest absolute Gasteiger partial charge is 0.0588 e. The van der Waals surface area contributed by atoms with Gasteiger partial charge >= 0.3 is 0 Å². The van der Waals surface area contributed by atoms with Crippen molar-refractivity contribution in [3.05, 3.63) is 0 Å². The van der Waals surface area contributed by atoms with Crippen molar-refractivity contribution in [1.29, 1.82) is 0 Å². The third-order valence-corrected chi connectivity index (χ3v) is 3.01. The van der Waals surface area contributed by atoms with E-state index in [2.05, 4.69) is 5.32 Å². The van der Waals surface area contributed by atoms with Gasteiger partial charge in [0, 0.05) is 36.0 Å². The highest BCUT2D eigenvalue weighted by Gasteiger charge is 2.14. The quantitative estimate of drug-likeness (QED) is 0.643. The zero-order valence-corrected chi connectivity index (χ0v) is 9.07. The minimum absolute atomic E-state index is 0.472. The summed E-state index contributed by atoms with van der Waals surface area (Å²) in [6.07, 6.45) is 5.72. The summed E-state index contributed by atoms with van der Waals surface area (Å²) in [4.78, 5) is 0. The Kier molecular flexibility index (Phi) is 5.58. The monoisotopic (exact) mass is 205 g/mol. The Morgan fingerprint density at radius 2 is 2.38 bits per heavy atom. The fourth-order valence-electron chi connectivity index (χ4n) is 1.48. The van der Waals surface area contributed by atoms with Crippen molar-refractivity contribution in [3.8, 4) is 0 Å².